The van der Waals surface area contributed by atoms with Crippen LogP contribution in [0.25, 0.3) is 0 Å². The summed E-state index contributed by atoms with van der Waals surface area (Å²) in [7, 11) is 0. The van der Waals surface area contributed by atoms with E-state index in [1.807, 2.05) is 13.0 Å². The average molecular weight is 339 g/mol. The minimum Gasteiger partial charge on any atom is -0.363 e. The molecule has 0 bridgehead atoms. The van der Waals surface area contributed by atoms with Gasteiger partial charge < -0.3 is 10.2 Å². The van der Waals surface area contributed by atoms with Gasteiger partial charge >= 0.3 is 6.18 Å². The second-order valence-corrected chi connectivity index (χ2v) is 5.10. The molecule has 1 aromatic carbocycles. The minimum absolute atomic E-state index is 0.320. The van der Waals surface area contributed by atoms with Crippen molar-refractivity contribution in [2.75, 3.05) is 24.5 Å². The van der Waals surface area contributed by atoms with Crippen molar-refractivity contribution in [2.45, 2.75) is 26.6 Å². The molecule has 0 radical (unpaired) electrons. The number of halogens is 4. The van der Waals surface area contributed by atoms with Crippen molar-refractivity contribution < 1.29 is 13.2 Å². The maximum atomic E-state index is 12.6. The van der Waals surface area contributed by atoms with Gasteiger partial charge in [0.25, 0.3) is 0 Å². The van der Waals surface area contributed by atoms with E-state index in [1.165, 1.54) is 4.90 Å². The Bertz CT molecular complexity index is 407. The zero-order valence-corrected chi connectivity index (χ0v) is 12.6. The van der Waals surface area contributed by atoms with Gasteiger partial charge in [0.15, 0.2) is 0 Å². The number of hydrogen-bond donors (Lipinski definition) is 1. The van der Waals surface area contributed by atoms with Crippen LogP contribution in [0, 0.1) is 0 Å². The molecule has 1 rings (SSSR count). The van der Waals surface area contributed by atoms with E-state index in [2.05, 4.69) is 21.2 Å². The Balaban J connectivity index is 3.01. The first-order chi connectivity index (χ1) is 8.87. The lowest BCUT2D eigenvalue weighted by Crippen LogP contribution is -2.35. The molecule has 0 unspecified atom stereocenters. The van der Waals surface area contributed by atoms with Crippen LogP contribution in [0.4, 0.5) is 18.9 Å². The molecular formula is C13H18BrF3N2. The Labute approximate surface area is 120 Å². The van der Waals surface area contributed by atoms with Crippen molar-refractivity contribution in [3.05, 3.63) is 28.2 Å². The molecule has 19 heavy (non-hydrogen) atoms. The van der Waals surface area contributed by atoms with Gasteiger partial charge in [-0.05, 0) is 37.2 Å². The van der Waals surface area contributed by atoms with Crippen molar-refractivity contribution in [3.8, 4) is 0 Å². The number of rotatable bonds is 6. The van der Waals surface area contributed by atoms with Crippen molar-refractivity contribution in [2.24, 2.45) is 0 Å². The van der Waals surface area contributed by atoms with E-state index < -0.39 is 12.7 Å². The number of anilines is 1. The Morgan fingerprint density at radius 2 is 1.95 bits per heavy atom. The smallest absolute Gasteiger partial charge is 0.363 e. The molecule has 0 aromatic heterocycles. The molecule has 0 spiro atoms. The van der Waals surface area contributed by atoms with Gasteiger partial charge in [0.1, 0.15) is 6.54 Å². The highest BCUT2D eigenvalue weighted by Gasteiger charge is 2.30. The van der Waals surface area contributed by atoms with E-state index in [0.717, 1.165) is 16.6 Å². The van der Waals surface area contributed by atoms with E-state index in [1.54, 1.807) is 19.1 Å². The molecule has 0 fully saturated rings. The standard InChI is InChI=1S/C13H18BrF3N2/c1-3-18-8-10-7-11(14)5-6-12(10)19(4-2)9-13(15,16)17/h5-7,18H,3-4,8-9H2,1-2H3. The first-order valence-corrected chi connectivity index (χ1v) is 6.97. The van der Waals surface area contributed by atoms with Crippen LogP contribution in [0.5, 0.6) is 0 Å². The van der Waals surface area contributed by atoms with Crippen molar-refractivity contribution in [1.29, 1.82) is 0 Å². The van der Waals surface area contributed by atoms with Crippen LogP contribution in [-0.4, -0.2) is 25.8 Å². The highest BCUT2D eigenvalue weighted by Crippen LogP contribution is 2.27. The topological polar surface area (TPSA) is 15.3 Å². The molecule has 0 heterocycles. The van der Waals surface area contributed by atoms with Gasteiger partial charge in [-0.25, -0.2) is 0 Å². The lowest BCUT2D eigenvalue weighted by atomic mass is 10.1. The molecule has 0 amide bonds. The SMILES string of the molecule is CCNCc1cc(Br)ccc1N(CC)CC(F)(F)F. The van der Waals surface area contributed by atoms with Gasteiger partial charge in [-0.15, -0.1) is 0 Å². The quantitative estimate of drug-likeness (QED) is 0.844. The van der Waals surface area contributed by atoms with Gasteiger partial charge in [0.05, 0.1) is 0 Å². The third-order valence-corrected chi connectivity index (χ3v) is 3.19. The largest absolute Gasteiger partial charge is 0.405 e. The van der Waals surface area contributed by atoms with E-state index >= 15 is 0 Å². The molecule has 0 saturated carbocycles. The van der Waals surface area contributed by atoms with Crippen molar-refractivity contribution >= 4 is 21.6 Å². The summed E-state index contributed by atoms with van der Waals surface area (Å²) in [5, 5.41) is 3.15. The molecule has 0 saturated heterocycles. The van der Waals surface area contributed by atoms with Crippen molar-refractivity contribution in [1.82, 2.24) is 5.32 Å². The van der Waals surface area contributed by atoms with Crippen LogP contribution in [0.15, 0.2) is 22.7 Å². The van der Waals surface area contributed by atoms with Crippen LogP contribution in [0.3, 0.4) is 0 Å². The first kappa shape index (κ1) is 16.3. The molecule has 108 valence electrons. The first-order valence-electron chi connectivity index (χ1n) is 6.18. The predicted octanol–water partition coefficient (Wildman–Crippen LogP) is 3.95. The second kappa shape index (κ2) is 7.14. The van der Waals surface area contributed by atoms with Gasteiger partial charge in [-0.3, -0.25) is 0 Å². The zero-order chi connectivity index (χ0) is 14.5. The molecule has 2 nitrogen and oxygen atoms in total. The molecule has 1 N–H and O–H groups in total. The molecule has 0 atom stereocenters. The Morgan fingerprint density at radius 1 is 1.26 bits per heavy atom. The van der Waals surface area contributed by atoms with Gasteiger partial charge in [0, 0.05) is 23.2 Å². The molecule has 6 heteroatoms. The summed E-state index contributed by atoms with van der Waals surface area (Å²) >= 11 is 3.35. The summed E-state index contributed by atoms with van der Waals surface area (Å²) in [6, 6.07) is 5.35. The number of alkyl halides is 3. The van der Waals surface area contributed by atoms with E-state index in [-0.39, 0.29) is 0 Å². The lowest BCUT2D eigenvalue weighted by Gasteiger charge is -2.27. The minimum atomic E-state index is -4.20. The van der Waals surface area contributed by atoms with Crippen LogP contribution in [0.1, 0.15) is 19.4 Å². The summed E-state index contributed by atoms with van der Waals surface area (Å²) in [6.45, 7) is 4.41. The highest BCUT2D eigenvalue weighted by atomic mass is 79.9. The van der Waals surface area contributed by atoms with Crippen LogP contribution in [-0.2, 0) is 6.54 Å². The van der Waals surface area contributed by atoms with E-state index in [0.29, 0.717) is 18.8 Å². The molecule has 0 aliphatic carbocycles. The summed E-state index contributed by atoms with van der Waals surface area (Å²) < 4.78 is 38.6. The molecule has 1 aromatic rings. The lowest BCUT2D eigenvalue weighted by molar-refractivity contribution is -0.119. The summed E-state index contributed by atoms with van der Waals surface area (Å²) in [5.41, 5.74) is 1.49. The Morgan fingerprint density at radius 3 is 2.47 bits per heavy atom. The molecule has 0 aliphatic heterocycles. The average Bonchev–Trinajstić information content (AvgIpc) is 2.32. The number of nitrogens with zero attached hydrogens (tertiary/aromatic N) is 1. The van der Waals surface area contributed by atoms with Crippen LogP contribution in [0.2, 0.25) is 0 Å². The summed E-state index contributed by atoms with van der Waals surface area (Å²) in [6.07, 6.45) is -4.20. The maximum absolute atomic E-state index is 12.6. The fourth-order valence-electron chi connectivity index (χ4n) is 1.85. The summed E-state index contributed by atoms with van der Waals surface area (Å²) in [4.78, 5) is 1.35. The van der Waals surface area contributed by atoms with Crippen LogP contribution >= 0.6 is 15.9 Å². The maximum Gasteiger partial charge on any atom is 0.405 e. The van der Waals surface area contributed by atoms with Gasteiger partial charge in [0.2, 0.25) is 0 Å². The van der Waals surface area contributed by atoms with E-state index in [9.17, 15) is 13.2 Å². The normalized spacial score (nSPS) is 11.7. The fourth-order valence-corrected chi connectivity index (χ4v) is 2.26. The third kappa shape index (κ3) is 5.40. The van der Waals surface area contributed by atoms with Crippen LogP contribution < -0.4 is 10.2 Å². The number of nitrogens with one attached hydrogen (secondary N) is 1. The number of benzene rings is 1. The highest BCUT2D eigenvalue weighted by molar-refractivity contribution is 9.10. The number of hydrogen-bond acceptors (Lipinski definition) is 2. The third-order valence-electron chi connectivity index (χ3n) is 2.70. The van der Waals surface area contributed by atoms with Gasteiger partial charge in [-0.2, -0.15) is 13.2 Å². The van der Waals surface area contributed by atoms with E-state index in [4.69, 9.17) is 0 Å². The Hall–Kier alpha value is -0.750. The second-order valence-electron chi connectivity index (χ2n) is 4.18. The van der Waals surface area contributed by atoms with Crippen molar-refractivity contribution in [3.63, 3.8) is 0 Å². The Kier molecular flexibility index (Phi) is 6.13. The monoisotopic (exact) mass is 338 g/mol. The zero-order valence-electron chi connectivity index (χ0n) is 11.0. The molecule has 0 aliphatic rings. The predicted molar refractivity (Wildman–Crippen MR) is 75.5 cm³/mol. The summed E-state index contributed by atoms with van der Waals surface area (Å²) in [5.74, 6) is 0. The molecular weight excluding hydrogens is 321 g/mol. The van der Waals surface area contributed by atoms with Gasteiger partial charge in [-0.1, -0.05) is 22.9 Å². The fraction of sp³-hybridized carbons (Fsp3) is 0.538.